The molecule has 142 valence electrons. The smallest absolute Gasteiger partial charge is 0.255 e. The molecule has 5 heteroatoms. The second-order valence-electron chi connectivity index (χ2n) is 7.57. The average molecular weight is 385 g/mol. The second kappa shape index (κ2) is 8.32. The molecule has 0 radical (unpaired) electrons. The van der Waals surface area contributed by atoms with Gasteiger partial charge in [-0.1, -0.05) is 35.9 Å². The van der Waals surface area contributed by atoms with E-state index in [-0.39, 0.29) is 11.9 Å². The van der Waals surface area contributed by atoms with E-state index in [1.165, 1.54) is 19.4 Å². The summed E-state index contributed by atoms with van der Waals surface area (Å²) in [6, 6.07) is 15.2. The number of para-hydroxylation sites is 1. The Hall–Kier alpha value is -2.04. The minimum atomic E-state index is -0.0556. The molecule has 2 aliphatic rings. The number of benzene rings is 2. The van der Waals surface area contributed by atoms with Crippen LogP contribution in [0.25, 0.3) is 0 Å². The van der Waals surface area contributed by atoms with Crippen LogP contribution in [0.4, 0.5) is 0 Å². The van der Waals surface area contributed by atoms with E-state index in [9.17, 15) is 4.79 Å². The fraction of sp³-hybridized carbons (Fsp3) is 0.409. The molecule has 1 saturated heterocycles. The first kappa shape index (κ1) is 18.3. The molecule has 1 heterocycles. The van der Waals surface area contributed by atoms with Crippen LogP contribution in [-0.2, 0) is 6.61 Å². The standard InChI is InChI=1S/C22H25ClN2O2/c23-18-9-7-17(8-10-18)15-27-21-4-2-1-3-20(21)22(26)24-19-11-12-25(14-19)13-16-5-6-16/h1-4,7-10,16,19H,5-6,11-15H2,(H,24,26). The first-order valence-corrected chi connectivity index (χ1v) is 10.0. The highest BCUT2D eigenvalue weighted by Crippen LogP contribution is 2.30. The van der Waals surface area contributed by atoms with Gasteiger partial charge in [0.05, 0.1) is 5.56 Å². The molecule has 0 aromatic heterocycles. The van der Waals surface area contributed by atoms with Crippen molar-refractivity contribution in [2.45, 2.75) is 31.9 Å². The van der Waals surface area contributed by atoms with Crippen molar-refractivity contribution in [2.75, 3.05) is 19.6 Å². The molecule has 1 N–H and O–H groups in total. The maximum Gasteiger partial charge on any atom is 0.255 e. The Balaban J connectivity index is 1.35. The summed E-state index contributed by atoms with van der Waals surface area (Å²) in [5.74, 6) is 1.44. The molecule has 0 spiro atoms. The van der Waals surface area contributed by atoms with E-state index in [0.29, 0.717) is 22.9 Å². The van der Waals surface area contributed by atoms with Gasteiger partial charge < -0.3 is 15.0 Å². The van der Waals surface area contributed by atoms with Crippen molar-refractivity contribution >= 4 is 17.5 Å². The number of rotatable bonds is 7. The van der Waals surface area contributed by atoms with Gasteiger partial charge in [0.15, 0.2) is 0 Å². The van der Waals surface area contributed by atoms with Crippen LogP contribution in [-0.4, -0.2) is 36.5 Å². The molecule has 0 bridgehead atoms. The van der Waals surface area contributed by atoms with Crippen molar-refractivity contribution in [3.8, 4) is 5.75 Å². The van der Waals surface area contributed by atoms with Crippen LogP contribution in [0, 0.1) is 5.92 Å². The van der Waals surface area contributed by atoms with Crippen LogP contribution >= 0.6 is 11.6 Å². The third-order valence-corrected chi connectivity index (χ3v) is 5.51. The minimum Gasteiger partial charge on any atom is -0.488 e. The maximum absolute atomic E-state index is 12.8. The maximum atomic E-state index is 12.8. The quantitative estimate of drug-likeness (QED) is 0.780. The van der Waals surface area contributed by atoms with Crippen LogP contribution in [0.15, 0.2) is 48.5 Å². The zero-order valence-corrected chi connectivity index (χ0v) is 16.1. The van der Waals surface area contributed by atoms with E-state index < -0.39 is 0 Å². The van der Waals surface area contributed by atoms with Crippen LogP contribution in [0.2, 0.25) is 5.02 Å². The number of carbonyl (C=O) groups is 1. The van der Waals surface area contributed by atoms with Gasteiger partial charge in [0, 0.05) is 30.7 Å². The van der Waals surface area contributed by atoms with Gasteiger partial charge in [0.1, 0.15) is 12.4 Å². The highest BCUT2D eigenvalue weighted by atomic mass is 35.5. The summed E-state index contributed by atoms with van der Waals surface area (Å²) >= 11 is 5.92. The van der Waals surface area contributed by atoms with Crippen molar-refractivity contribution < 1.29 is 9.53 Å². The number of ether oxygens (including phenoxy) is 1. The van der Waals surface area contributed by atoms with Crippen LogP contribution < -0.4 is 10.1 Å². The van der Waals surface area contributed by atoms with E-state index in [1.54, 1.807) is 0 Å². The van der Waals surface area contributed by atoms with E-state index in [0.717, 1.165) is 31.0 Å². The molecular weight excluding hydrogens is 360 g/mol. The van der Waals surface area contributed by atoms with Crippen LogP contribution in [0.3, 0.4) is 0 Å². The Kier molecular flexibility index (Phi) is 5.65. The molecule has 2 aromatic rings. The SMILES string of the molecule is O=C(NC1CCN(CC2CC2)C1)c1ccccc1OCc1ccc(Cl)cc1. The molecule has 27 heavy (non-hydrogen) atoms. The predicted octanol–water partition coefficient (Wildman–Crippen LogP) is 4.13. The van der Waals surface area contributed by atoms with Crippen molar-refractivity contribution in [1.29, 1.82) is 0 Å². The van der Waals surface area contributed by atoms with Gasteiger partial charge in [-0.25, -0.2) is 0 Å². The molecule has 1 saturated carbocycles. The first-order chi connectivity index (χ1) is 13.2. The lowest BCUT2D eigenvalue weighted by molar-refractivity contribution is 0.0933. The number of halogens is 1. The van der Waals surface area contributed by atoms with Crippen molar-refractivity contribution in [3.63, 3.8) is 0 Å². The van der Waals surface area contributed by atoms with E-state index in [1.807, 2.05) is 48.5 Å². The van der Waals surface area contributed by atoms with Crippen molar-refractivity contribution in [3.05, 3.63) is 64.7 Å². The van der Waals surface area contributed by atoms with Gasteiger partial charge in [-0.15, -0.1) is 0 Å². The molecule has 1 unspecified atom stereocenters. The summed E-state index contributed by atoms with van der Waals surface area (Å²) in [6.07, 6.45) is 3.75. The number of nitrogens with zero attached hydrogens (tertiary/aromatic N) is 1. The highest BCUT2D eigenvalue weighted by Gasteiger charge is 2.30. The second-order valence-corrected chi connectivity index (χ2v) is 8.01. The molecule has 2 aromatic carbocycles. The molecule has 1 atom stereocenters. The monoisotopic (exact) mass is 384 g/mol. The normalized spacial score (nSPS) is 19.8. The predicted molar refractivity (Wildman–Crippen MR) is 107 cm³/mol. The Bertz CT molecular complexity index is 789. The van der Waals surface area contributed by atoms with E-state index in [2.05, 4.69) is 10.2 Å². The van der Waals surface area contributed by atoms with E-state index in [4.69, 9.17) is 16.3 Å². The topological polar surface area (TPSA) is 41.6 Å². The Labute approximate surface area is 165 Å². The highest BCUT2D eigenvalue weighted by molar-refractivity contribution is 6.30. The third kappa shape index (κ3) is 5.02. The summed E-state index contributed by atoms with van der Waals surface area (Å²) in [7, 11) is 0. The van der Waals surface area contributed by atoms with Gasteiger partial charge in [-0.3, -0.25) is 4.79 Å². The number of carbonyl (C=O) groups excluding carboxylic acids is 1. The number of hydrogen-bond donors (Lipinski definition) is 1. The van der Waals surface area contributed by atoms with Crippen LogP contribution in [0.1, 0.15) is 35.2 Å². The summed E-state index contributed by atoms with van der Waals surface area (Å²) < 4.78 is 5.92. The fourth-order valence-corrected chi connectivity index (χ4v) is 3.69. The molecule has 1 aliphatic heterocycles. The molecule has 4 rings (SSSR count). The average Bonchev–Trinajstić information content (AvgIpc) is 3.39. The lowest BCUT2D eigenvalue weighted by Gasteiger charge is -2.17. The van der Waals surface area contributed by atoms with Gasteiger partial charge in [0.2, 0.25) is 0 Å². The zero-order valence-electron chi connectivity index (χ0n) is 15.4. The van der Waals surface area contributed by atoms with Crippen LogP contribution in [0.5, 0.6) is 5.75 Å². The molecule has 1 amide bonds. The van der Waals surface area contributed by atoms with Gasteiger partial charge in [0.25, 0.3) is 5.91 Å². The third-order valence-electron chi connectivity index (χ3n) is 5.26. The van der Waals surface area contributed by atoms with Gasteiger partial charge in [-0.2, -0.15) is 0 Å². The van der Waals surface area contributed by atoms with Gasteiger partial charge in [-0.05, 0) is 55.0 Å². The van der Waals surface area contributed by atoms with Gasteiger partial charge >= 0.3 is 0 Å². The van der Waals surface area contributed by atoms with E-state index >= 15 is 0 Å². The number of nitrogens with one attached hydrogen (secondary N) is 1. The summed E-state index contributed by atoms with van der Waals surface area (Å²) in [6.45, 7) is 3.62. The number of hydrogen-bond acceptors (Lipinski definition) is 3. The fourth-order valence-electron chi connectivity index (χ4n) is 3.57. The molecule has 4 nitrogen and oxygen atoms in total. The largest absolute Gasteiger partial charge is 0.488 e. The summed E-state index contributed by atoms with van der Waals surface area (Å²) in [5.41, 5.74) is 1.60. The Morgan fingerprint density at radius 1 is 1.11 bits per heavy atom. The number of amides is 1. The minimum absolute atomic E-state index is 0.0556. The summed E-state index contributed by atoms with van der Waals surface area (Å²) in [4.78, 5) is 15.3. The lowest BCUT2D eigenvalue weighted by atomic mass is 10.1. The van der Waals surface area contributed by atoms with Crippen molar-refractivity contribution in [2.24, 2.45) is 5.92 Å². The summed E-state index contributed by atoms with van der Waals surface area (Å²) in [5, 5.41) is 3.89. The zero-order chi connectivity index (χ0) is 18.6. The Morgan fingerprint density at radius 2 is 1.89 bits per heavy atom. The lowest BCUT2D eigenvalue weighted by Crippen LogP contribution is -2.37. The molecular formula is C22H25ClN2O2. The first-order valence-electron chi connectivity index (χ1n) is 9.67. The number of likely N-dealkylation sites (tertiary alicyclic amines) is 1. The van der Waals surface area contributed by atoms with Crippen molar-refractivity contribution in [1.82, 2.24) is 10.2 Å². The molecule has 2 fully saturated rings. The Morgan fingerprint density at radius 3 is 2.67 bits per heavy atom. The molecule has 1 aliphatic carbocycles.